The van der Waals surface area contributed by atoms with Crippen LogP contribution in [0.5, 0.6) is 0 Å². The largest absolute Gasteiger partial charge is 0.455 e. The Morgan fingerprint density at radius 1 is 0.344 bits per heavy atom. The van der Waals surface area contributed by atoms with Crippen molar-refractivity contribution in [2.24, 2.45) is 0 Å². The molecule has 0 atom stereocenters. The average molecular weight is 779 g/mol. The molecule has 286 valence electrons. The van der Waals surface area contributed by atoms with Crippen LogP contribution >= 0.6 is 0 Å². The van der Waals surface area contributed by atoms with Gasteiger partial charge in [-0.15, -0.1) is 0 Å². The van der Waals surface area contributed by atoms with Crippen molar-refractivity contribution in [3.8, 4) is 39.1 Å². The van der Waals surface area contributed by atoms with E-state index in [1.165, 1.54) is 43.8 Å². The summed E-state index contributed by atoms with van der Waals surface area (Å²) in [5.41, 5.74) is 15.6. The lowest BCUT2D eigenvalue weighted by Crippen LogP contribution is -2.10. The van der Waals surface area contributed by atoms with Crippen molar-refractivity contribution in [1.29, 1.82) is 0 Å². The number of anilines is 3. The highest BCUT2D eigenvalue weighted by atomic mass is 16.3. The van der Waals surface area contributed by atoms with E-state index < -0.39 is 0 Å². The van der Waals surface area contributed by atoms with Crippen molar-refractivity contribution < 1.29 is 4.42 Å². The summed E-state index contributed by atoms with van der Waals surface area (Å²) in [6.07, 6.45) is 0. The first-order valence-corrected chi connectivity index (χ1v) is 20.8. The molecule has 2 aromatic heterocycles. The van der Waals surface area contributed by atoms with Gasteiger partial charge in [0.15, 0.2) is 0 Å². The van der Waals surface area contributed by atoms with Gasteiger partial charge in [0, 0.05) is 49.9 Å². The number of furan rings is 1. The van der Waals surface area contributed by atoms with Crippen LogP contribution < -0.4 is 4.90 Å². The van der Waals surface area contributed by atoms with Gasteiger partial charge in [-0.05, 0) is 105 Å². The van der Waals surface area contributed by atoms with E-state index in [0.717, 1.165) is 66.8 Å². The predicted octanol–water partition coefficient (Wildman–Crippen LogP) is 16.3. The number of hydrogen-bond acceptors (Lipinski definition) is 2. The van der Waals surface area contributed by atoms with Gasteiger partial charge < -0.3 is 13.9 Å². The molecule has 0 bridgehead atoms. The Kier molecular flexibility index (Phi) is 8.17. The molecule has 0 radical (unpaired) electrons. The Morgan fingerprint density at radius 3 is 1.72 bits per heavy atom. The van der Waals surface area contributed by atoms with Crippen molar-refractivity contribution in [2.75, 3.05) is 4.90 Å². The average Bonchev–Trinajstić information content (AvgIpc) is 3.88. The molecule has 12 aromatic rings. The monoisotopic (exact) mass is 778 g/mol. The van der Waals surface area contributed by atoms with Crippen LogP contribution in [0.1, 0.15) is 0 Å². The zero-order chi connectivity index (χ0) is 40.3. The highest BCUT2D eigenvalue weighted by molar-refractivity contribution is 6.13. The van der Waals surface area contributed by atoms with Crippen molar-refractivity contribution in [1.82, 2.24) is 4.57 Å². The second-order valence-corrected chi connectivity index (χ2v) is 15.7. The molecule has 2 heterocycles. The molecule has 10 aromatic carbocycles. The van der Waals surface area contributed by atoms with Gasteiger partial charge in [-0.25, -0.2) is 0 Å². The Hall–Kier alpha value is -8.14. The fraction of sp³-hybridized carbons (Fsp3) is 0. The number of para-hydroxylation sites is 4. The second-order valence-electron chi connectivity index (χ2n) is 15.7. The zero-order valence-electron chi connectivity index (χ0n) is 33.2. The minimum Gasteiger partial charge on any atom is -0.455 e. The van der Waals surface area contributed by atoms with Crippen LogP contribution in [0, 0.1) is 0 Å². The predicted molar refractivity (Wildman–Crippen MR) is 257 cm³/mol. The third-order valence-corrected chi connectivity index (χ3v) is 12.2. The van der Waals surface area contributed by atoms with Crippen LogP contribution in [0.25, 0.3) is 93.6 Å². The van der Waals surface area contributed by atoms with Gasteiger partial charge in [-0.1, -0.05) is 164 Å². The molecule has 3 nitrogen and oxygen atoms in total. The Labute approximate surface area is 353 Å². The molecule has 0 amide bonds. The third-order valence-electron chi connectivity index (χ3n) is 12.2. The van der Waals surface area contributed by atoms with Crippen molar-refractivity contribution in [3.63, 3.8) is 0 Å². The van der Waals surface area contributed by atoms with Crippen LogP contribution in [-0.4, -0.2) is 4.57 Å². The third kappa shape index (κ3) is 5.82. The van der Waals surface area contributed by atoms with E-state index >= 15 is 0 Å². The molecule has 0 N–H and O–H groups in total. The molecule has 0 aliphatic rings. The summed E-state index contributed by atoms with van der Waals surface area (Å²) >= 11 is 0. The van der Waals surface area contributed by atoms with Gasteiger partial charge in [-0.3, -0.25) is 0 Å². The van der Waals surface area contributed by atoms with E-state index in [9.17, 15) is 0 Å². The van der Waals surface area contributed by atoms with Gasteiger partial charge in [0.25, 0.3) is 0 Å². The molecule has 0 aliphatic carbocycles. The SMILES string of the molecule is c1ccc(-c2cccc3cccc(-c4ccc(N(c5ccccc5)c5cccc(-n6c7ccccc7c7cc(-c8cccc9c8oc8ccccc89)ccc76)c5)cc4)c23)cc1. The fourth-order valence-corrected chi connectivity index (χ4v) is 9.42. The lowest BCUT2D eigenvalue weighted by Gasteiger charge is -2.26. The summed E-state index contributed by atoms with van der Waals surface area (Å²) in [5.74, 6) is 0. The molecule has 0 saturated carbocycles. The normalized spacial score (nSPS) is 11.6. The fourth-order valence-electron chi connectivity index (χ4n) is 9.42. The van der Waals surface area contributed by atoms with Gasteiger partial charge >= 0.3 is 0 Å². The van der Waals surface area contributed by atoms with Crippen LogP contribution in [0.3, 0.4) is 0 Å². The summed E-state index contributed by atoms with van der Waals surface area (Å²) in [5, 5.41) is 7.18. The molecule has 12 rings (SSSR count). The van der Waals surface area contributed by atoms with Gasteiger partial charge in [0.05, 0.1) is 11.0 Å². The summed E-state index contributed by atoms with van der Waals surface area (Å²) < 4.78 is 8.88. The molecule has 0 spiro atoms. The minimum absolute atomic E-state index is 0.908. The molecule has 0 unspecified atom stereocenters. The van der Waals surface area contributed by atoms with E-state index in [0.29, 0.717) is 0 Å². The van der Waals surface area contributed by atoms with Crippen LogP contribution in [0.4, 0.5) is 17.1 Å². The maximum atomic E-state index is 6.48. The molecule has 0 saturated heterocycles. The topological polar surface area (TPSA) is 21.3 Å². The Bertz CT molecular complexity index is 3580. The molecule has 3 heteroatoms. The van der Waals surface area contributed by atoms with Crippen molar-refractivity contribution >= 4 is 71.6 Å². The van der Waals surface area contributed by atoms with Gasteiger partial charge in [0.2, 0.25) is 0 Å². The quantitative estimate of drug-likeness (QED) is 0.161. The van der Waals surface area contributed by atoms with Gasteiger partial charge in [-0.2, -0.15) is 0 Å². The molecule has 61 heavy (non-hydrogen) atoms. The maximum Gasteiger partial charge on any atom is 0.143 e. The molecule has 0 aliphatic heterocycles. The van der Waals surface area contributed by atoms with E-state index in [1.54, 1.807) is 0 Å². The van der Waals surface area contributed by atoms with E-state index in [-0.39, 0.29) is 0 Å². The van der Waals surface area contributed by atoms with Crippen molar-refractivity contribution in [2.45, 2.75) is 0 Å². The summed E-state index contributed by atoms with van der Waals surface area (Å²) in [4.78, 5) is 2.35. The Balaban J connectivity index is 0.970. The maximum absolute atomic E-state index is 6.48. The zero-order valence-corrected chi connectivity index (χ0v) is 33.2. The highest BCUT2D eigenvalue weighted by Crippen LogP contribution is 2.42. The van der Waals surface area contributed by atoms with Crippen LogP contribution in [0.15, 0.2) is 235 Å². The number of nitrogens with zero attached hydrogens (tertiary/aromatic N) is 2. The molecule has 0 fully saturated rings. The summed E-state index contributed by atoms with van der Waals surface area (Å²) in [6, 6.07) is 82.8. The first-order chi connectivity index (χ1) is 30.3. The van der Waals surface area contributed by atoms with E-state index in [2.05, 4.69) is 228 Å². The first kappa shape index (κ1) is 34.9. The van der Waals surface area contributed by atoms with Gasteiger partial charge in [0.1, 0.15) is 11.2 Å². The smallest absolute Gasteiger partial charge is 0.143 e. The lowest BCUT2D eigenvalue weighted by atomic mass is 9.91. The Morgan fingerprint density at radius 2 is 0.918 bits per heavy atom. The van der Waals surface area contributed by atoms with E-state index in [4.69, 9.17) is 4.42 Å². The number of fused-ring (bicyclic) bond motifs is 7. The highest BCUT2D eigenvalue weighted by Gasteiger charge is 2.19. The van der Waals surface area contributed by atoms with Crippen LogP contribution in [-0.2, 0) is 0 Å². The number of aromatic nitrogens is 1. The number of rotatable bonds is 7. The van der Waals surface area contributed by atoms with Crippen LogP contribution in [0.2, 0.25) is 0 Å². The number of hydrogen-bond donors (Lipinski definition) is 0. The summed E-state index contributed by atoms with van der Waals surface area (Å²) in [7, 11) is 0. The van der Waals surface area contributed by atoms with Crippen molar-refractivity contribution in [3.05, 3.63) is 231 Å². The first-order valence-electron chi connectivity index (χ1n) is 20.8. The standard InChI is InChI=1S/C58H38N2O/c1-3-15-39(16-4-1)47-25-11-17-41-18-12-26-48(57(41)47)40-31-34-44(35-32-40)59(43-19-5-2-6-20-43)45-21-13-22-46(38-45)60-54-29-9-7-23-50(54)53-37-42(33-36-55(53)60)49-27-14-28-52-51-24-8-10-30-56(51)61-58(49)52/h1-38H. The lowest BCUT2D eigenvalue weighted by molar-refractivity contribution is 0.670. The second kappa shape index (κ2) is 14.3. The number of benzene rings is 10. The summed E-state index contributed by atoms with van der Waals surface area (Å²) in [6.45, 7) is 0. The molecular weight excluding hydrogens is 741 g/mol. The minimum atomic E-state index is 0.908. The molecular formula is C58H38N2O. The van der Waals surface area contributed by atoms with E-state index in [1.807, 2.05) is 12.1 Å².